The monoisotopic (exact) mass is 394 g/mol. The minimum Gasteiger partial charge on any atom is -0.354 e. The van der Waals surface area contributed by atoms with Crippen LogP contribution in [-0.2, 0) is 21.2 Å². The van der Waals surface area contributed by atoms with Crippen LogP contribution < -0.4 is 5.32 Å². The maximum absolute atomic E-state index is 14.0. The maximum Gasteiger partial charge on any atom is 0.246 e. The standard InChI is InChI=1S/C19H20F2N2O3S/c20-15-6-3-5-14(13-15)10-11-22-19(24)17-8-4-12-23(17)27(25,26)18-9-2-1-7-16(18)21/h1-3,5-7,9,13,17H,4,8,10-12H2,(H,22,24). The Labute approximate surface area is 157 Å². The molecule has 1 aliphatic heterocycles. The van der Waals surface area contributed by atoms with Crippen molar-refractivity contribution in [3.63, 3.8) is 0 Å². The van der Waals surface area contributed by atoms with Crippen LogP contribution in [0.25, 0.3) is 0 Å². The molecule has 1 saturated heterocycles. The van der Waals surface area contributed by atoms with Gasteiger partial charge in [-0.3, -0.25) is 4.79 Å². The van der Waals surface area contributed by atoms with E-state index in [-0.39, 0.29) is 18.9 Å². The van der Waals surface area contributed by atoms with E-state index >= 15 is 0 Å². The summed E-state index contributed by atoms with van der Waals surface area (Å²) in [7, 11) is -4.10. The number of carbonyl (C=O) groups is 1. The Balaban J connectivity index is 1.67. The van der Waals surface area contributed by atoms with E-state index in [4.69, 9.17) is 0 Å². The first-order valence-electron chi connectivity index (χ1n) is 8.68. The second-order valence-electron chi connectivity index (χ2n) is 6.38. The lowest BCUT2D eigenvalue weighted by atomic mass is 10.1. The van der Waals surface area contributed by atoms with Crippen LogP contribution in [0.5, 0.6) is 0 Å². The van der Waals surface area contributed by atoms with Crippen LogP contribution in [0.2, 0.25) is 0 Å². The van der Waals surface area contributed by atoms with Crippen LogP contribution in [0, 0.1) is 11.6 Å². The van der Waals surface area contributed by atoms with E-state index in [9.17, 15) is 22.0 Å². The molecule has 0 radical (unpaired) electrons. The number of carbonyl (C=O) groups excluding carboxylic acids is 1. The molecule has 1 atom stereocenters. The third-order valence-corrected chi connectivity index (χ3v) is 6.47. The first-order valence-corrected chi connectivity index (χ1v) is 10.1. The van der Waals surface area contributed by atoms with Gasteiger partial charge in [-0.2, -0.15) is 4.31 Å². The Kier molecular flexibility index (Phi) is 5.86. The highest BCUT2D eigenvalue weighted by Gasteiger charge is 2.40. The summed E-state index contributed by atoms with van der Waals surface area (Å²) in [6.45, 7) is 0.422. The molecule has 1 heterocycles. The van der Waals surface area contributed by atoms with Gasteiger partial charge in [0.05, 0.1) is 0 Å². The van der Waals surface area contributed by atoms with Crippen molar-refractivity contribution in [2.75, 3.05) is 13.1 Å². The van der Waals surface area contributed by atoms with Crippen molar-refractivity contribution in [3.8, 4) is 0 Å². The highest BCUT2D eigenvalue weighted by Crippen LogP contribution is 2.27. The Hall–Kier alpha value is -2.32. The van der Waals surface area contributed by atoms with E-state index in [0.717, 1.165) is 15.9 Å². The Morgan fingerprint density at radius 2 is 1.93 bits per heavy atom. The van der Waals surface area contributed by atoms with Gasteiger partial charge in [0.15, 0.2) is 0 Å². The molecular formula is C19H20F2N2O3S. The van der Waals surface area contributed by atoms with Crippen molar-refractivity contribution in [1.29, 1.82) is 0 Å². The molecule has 0 saturated carbocycles. The quantitative estimate of drug-likeness (QED) is 0.819. The molecule has 1 aliphatic rings. The van der Waals surface area contributed by atoms with Crippen molar-refractivity contribution in [1.82, 2.24) is 9.62 Å². The fraction of sp³-hybridized carbons (Fsp3) is 0.316. The summed E-state index contributed by atoms with van der Waals surface area (Å²) >= 11 is 0. The van der Waals surface area contributed by atoms with Crippen LogP contribution in [0.3, 0.4) is 0 Å². The number of amides is 1. The number of halogens is 2. The van der Waals surface area contributed by atoms with Gasteiger partial charge in [0, 0.05) is 13.1 Å². The van der Waals surface area contributed by atoms with Gasteiger partial charge in [0.25, 0.3) is 0 Å². The van der Waals surface area contributed by atoms with Crippen LogP contribution in [0.1, 0.15) is 18.4 Å². The van der Waals surface area contributed by atoms with Crippen molar-refractivity contribution in [3.05, 3.63) is 65.7 Å². The van der Waals surface area contributed by atoms with Crippen molar-refractivity contribution in [2.24, 2.45) is 0 Å². The normalized spacial score (nSPS) is 17.8. The number of rotatable bonds is 6. The molecule has 1 fully saturated rings. The molecule has 1 amide bonds. The Morgan fingerprint density at radius 3 is 2.67 bits per heavy atom. The number of hydrogen-bond donors (Lipinski definition) is 1. The summed E-state index contributed by atoms with van der Waals surface area (Å²) in [4.78, 5) is 12.1. The third kappa shape index (κ3) is 4.33. The second-order valence-corrected chi connectivity index (χ2v) is 8.23. The second kappa shape index (κ2) is 8.14. The van der Waals surface area contributed by atoms with Crippen molar-refractivity contribution in [2.45, 2.75) is 30.2 Å². The van der Waals surface area contributed by atoms with Crippen molar-refractivity contribution < 1.29 is 22.0 Å². The van der Waals surface area contributed by atoms with E-state index in [1.54, 1.807) is 12.1 Å². The third-order valence-electron chi connectivity index (χ3n) is 4.53. The zero-order valence-corrected chi connectivity index (χ0v) is 15.4. The summed E-state index contributed by atoms with van der Waals surface area (Å²) in [5.74, 6) is -1.62. The fourth-order valence-corrected chi connectivity index (χ4v) is 4.93. The molecule has 144 valence electrons. The average Bonchev–Trinajstić information content (AvgIpc) is 3.13. The SMILES string of the molecule is O=C(NCCc1cccc(F)c1)C1CCCN1S(=O)(=O)c1ccccc1F. The van der Waals surface area contributed by atoms with Gasteiger partial charge in [-0.25, -0.2) is 17.2 Å². The van der Waals surface area contributed by atoms with E-state index in [0.29, 0.717) is 19.3 Å². The summed E-state index contributed by atoms with van der Waals surface area (Å²) in [5.41, 5.74) is 0.734. The van der Waals surface area contributed by atoms with Gasteiger partial charge in [0.2, 0.25) is 15.9 Å². The lowest BCUT2D eigenvalue weighted by Crippen LogP contribution is -2.46. The largest absolute Gasteiger partial charge is 0.354 e. The Morgan fingerprint density at radius 1 is 1.15 bits per heavy atom. The van der Waals surface area contributed by atoms with E-state index in [1.165, 1.54) is 30.3 Å². The summed E-state index contributed by atoms with van der Waals surface area (Å²) in [6.07, 6.45) is 1.32. The van der Waals surface area contributed by atoms with Gasteiger partial charge in [-0.15, -0.1) is 0 Å². The predicted molar refractivity (Wildman–Crippen MR) is 96.4 cm³/mol. The van der Waals surface area contributed by atoms with E-state index in [1.807, 2.05) is 0 Å². The van der Waals surface area contributed by atoms with Crippen molar-refractivity contribution >= 4 is 15.9 Å². The van der Waals surface area contributed by atoms with Gasteiger partial charge >= 0.3 is 0 Å². The number of nitrogens with zero attached hydrogens (tertiary/aromatic N) is 1. The highest BCUT2D eigenvalue weighted by molar-refractivity contribution is 7.89. The van der Waals surface area contributed by atoms with Gasteiger partial charge in [0.1, 0.15) is 22.6 Å². The smallest absolute Gasteiger partial charge is 0.246 e. The molecule has 2 aromatic rings. The lowest BCUT2D eigenvalue weighted by Gasteiger charge is -2.23. The number of hydrogen-bond acceptors (Lipinski definition) is 3. The molecule has 27 heavy (non-hydrogen) atoms. The molecule has 0 aromatic heterocycles. The highest BCUT2D eigenvalue weighted by atomic mass is 32.2. The fourth-order valence-electron chi connectivity index (χ4n) is 3.21. The molecular weight excluding hydrogens is 374 g/mol. The lowest BCUT2D eigenvalue weighted by molar-refractivity contribution is -0.124. The van der Waals surface area contributed by atoms with Crippen LogP contribution in [-0.4, -0.2) is 37.8 Å². The van der Waals surface area contributed by atoms with Crippen LogP contribution in [0.4, 0.5) is 8.78 Å². The van der Waals surface area contributed by atoms with Gasteiger partial charge < -0.3 is 5.32 Å². The molecule has 5 nitrogen and oxygen atoms in total. The number of sulfonamides is 1. The molecule has 2 aromatic carbocycles. The number of benzene rings is 2. The molecule has 1 unspecified atom stereocenters. The number of nitrogens with one attached hydrogen (secondary N) is 1. The minimum atomic E-state index is -4.10. The zero-order chi connectivity index (χ0) is 19.4. The maximum atomic E-state index is 14.0. The summed E-state index contributed by atoms with van der Waals surface area (Å²) < 4.78 is 53.7. The molecule has 0 bridgehead atoms. The predicted octanol–water partition coefficient (Wildman–Crippen LogP) is 2.48. The van der Waals surface area contributed by atoms with E-state index < -0.39 is 32.7 Å². The molecule has 0 aliphatic carbocycles. The molecule has 0 spiro atoms. The summed E-state index contributed by atoms with van der Waals surface area (Å²) in [6, 6.07) is 10.3. The topological polar surface area (TPSA) is 66.5 Å². The van der Waals surface area contributed by atoms with Gasteiger partial charge in [-0.1, -0.05) is 24.3 Å². The van der Waals surface area contributed by atoms with Gasteiger partial charge in [-0.05, 0) is 49.1 Å². The minimum absolute atomic E-state index is 0.165. The first kappa shape index (κ1) is 19.4. The molecule has 1 N–H and O–H groups in total. The Bertz CT molecular complexity index is 934. The van der Waals surface area contributed by atoms with Crippen LogP contribution in [0.15, 0.2) is 53.4 Å². The average molecular weight is 394 g/mol. The summed E-state index contributed by atoms with van der Waals surface area (Å²) in [5, 5.41) is 2.70. The first-order chi connectivity index (χ1) is 12.9. The zero-order valence-electron chi connectivity index (χ0n) is 14.6. The van der Waals surface area contributed by atoms with E-state index in [2.05, 4.69) is 5.32 Å². The molecule has 8 heteroatoms. The van der Waals surface area contributed by atoms with Crippen LogP contribution >= 0.6 is 0 Å². The molecule has 3 rings (SSSR count).